The SMILES string of the molecule is CCCCCCCCCCCCCCCCC/C=C/C=C/CN. The maximum Gasteiger partial charge on any atom is 0.0109 e. The average Bonchev–Trinajstić information content (AvgIpc) is 2.57. The highest BCUT2D eigenvalue weighted by Crippen LogP contribution is 2.13. The zero-order valence-electron chi connectivity index (χ0n) is 15.9. The van der Waals surface area contributed by atoms with Gasteiger partial charge >= 0.3 is 0 Å². The van der Waals surface area contributed by atoms with Crippen LogP contribution >= 0.6 is 0 Å². The first-order valence-corrected chi connectivity index (χ1v) is 10.4. The molecule has 0 atom stereocenters. The minimum atomic E-state index is 0.642. The summed E-state index contributed by atoms with van der Waals surface area (Å²) in [5.74, 6) is 0. The van der Waals surface area contributed by atoms with Crippen molar-refractivity contribution in [1.29, 1.82) is 0 Å². The monoisotopic (exact) mass is 321 g/mol. The molecule has 0 aromatic rings. The first kappa shape index (κ1) is 22.4. The molecule has 0 fully saturated rings. The summed E-state index contributed by atoms with van der Waals surface area (Å²) in [6.45, 7) is 2.93. The van der Waals surface area contributed by atoms with Crippen molar-refractivity contribution in [1.82, 2.24) is 0 Å². The number of hydrogen-bond donors (Lipinski definition) is 1. The van der Waals surface area contributed by atoms with Crippen LogP contribution in [0.1, 0.15) is 110 Å². The van der Waals surface area contributed by atoms with Gasteiger partial charge in [0.2, 0.25) is 0 Å². The highest BCUT2D eigenvalue weighted by Gasteiger charge is 1.93. The molecule has 0 rings (SSSR count). The summed E-state index contributed by atoms with van der Waals surface area (Å²) < 4.78 is 0. The third-order valence-corrected chi connectivity index (χ3v) is 4.49. The highest BCUT2D eigenvalue weighted by atomic mass is 14.5. The van der Waals surface area contributed by atoms with Gasteiger partial charge in [0.05, 0.1) is 0 Å². The van der Waals surface area contributed by atoms with Crippen LogP contribution < -0.4 is 5.73 Å². The number of nitrogens with two attached hydrogens (primary N) is 1. The van der Waals surface area contributed by atoms with E-state index in [-0.39, 0.29) is 0 Å². The molecule has 0 spiro atoms. The van der Waals surface area contributed by atoms with Gasteiger partial charge in [-0.1, -0.05) is 121 Å². The van der Waals surface area contributed by atoms with Crippen molar-refractivity contribution >= 4 is 0 Å². The Morgan fingerprint density at radius 3 is 1.35 bits per heavy atom. The molecule has 0 aromatic heterocycles. The number of unbranched alkanes of at least 4 members (excludes halogenated alkanes) is 15. The van der Waals surface area contributed by atoms with Gasteiger partial charge in [-0.2, -0.15) is 0 Å². The Hall–Kier alpha value is -0.560. The Labute approximate surface area is 146 Å². The predicted octanol–water partition coefficient (Wildman–Crippen LogP) is 7.32. The molecule has 2 N–H and O–H groups in total. The van der Waals surface area contributed by atoms with Crippen LogP contribution in [0.25, 0.3) is 0 Å². The summed E-state index contributed by atoms with van der Waals surface area (Å²) in [7, 11) is 0. The quantitative estimate of drug-likeness (QED) is 0.208. The van der Waals surface area contributed by atoms with Gasteiger partial charge in [-0.15, -0.1) is 0 Å². The van der Waals surface area contributed by atoms with E-state index in [1.807, 2.05) is 12.2 Å². The normalized spacial score (nSPS) is 11.9. The standard InChI is InChI=1S/C22H43N/c1-2-3-4-5-6-7-8-9-10-11-12-13-14-15-16-17-18-19-20-21-22-23/h18-21H,2-17,22-23H2,1H3/b19-18+,21-20+. The van der Waals surface area contributed by atoms with E-state index in [1.165, 1.54) is 103 Å². The maximum atomic E-state index is 5.38. The fourth-order valence-corrected chi connectivity index (χ4v) is 2.97. The van der Waals surface area contributed by atoms with Crippen molar-refractivity contribution in [2.75, 3.05) is 6.54 Å². The fraction of sp³-hybridized carbons (Fsp3) is 0.818. The lowest BCUT2D eigenvalue weighted by Crippen LogP contribution is -1.91. The van der Waals surface area contributed by atoms with Crippen LogP contribution in [0, 0.1) is 0 Å². The summed E-state index contributed by atoms with van der Waals surface area (Å²) in [4.78, 5) is 0. The largest absolute Gasteiger partial charge is 0.327 e. The number of hydrogen-bond acceptors (Lipinski definition) is 1. The third kappa shape index (κ3) is 21.4. The van der Waals surface area contributed by atoms with Crippen LogP contribution in [-0.4, -0.2) is 6.54 Å². The van der Waals surface area contributed by atoms with Crippen molar-refractivity contribution < 1.29 is 0 Å². The first-order chi connectivity index (χ1) is 11.4. The number of rotatable bonds is 18. The van der Waals surface area contributed by atoms with Crippen molar-refractivity contribution in [3.05, 3.63) is 24.3 Å². The third-order valence-electron chi connectivity index (χ3n) is 4.49. The summed E-state index contributed by atoms with van der Waals surface area (Å²) in [6, 6.07) is 0. The molecule has 1 nitrogen and oxygen atoms in total. The van der Waals surface area contributed by atoms with Crippen LogP contribution in [-0.2, 0) is 0 Å². The minimum Gasteiger partial charge on any atom is -0.327 e. The summed E-state index contributed by atoms with van der Waals surface area (Å²) in [5, 5.41) is 0. The van der Waals surface area contributed by atoms with Crippen molar-refractivity contribution in [2.24, 2.45) is 5.73 Å². The van der Waals surface area contributed by atoms with E-state index in [0.29, 0.717) is 6.54 Å². The Morgan fingerprint density at radius 1 is 0.522 bits per heavy atom. The topological polar surface area (TPSA) is 26.0 Å². The zero-order chi connectivity index (χ0) is 16.8. The molecular formula is C22H43N. The number of allylic oxidation sites excluding steroid dienone is 3. The van der Waals surface area contributed by atoms with Gasteiger partial charge < -0.3 is 5.73 Å². The molecule has 0 heterocycles. The van der Waals surface area contributed by atoms with E-state index >= 15 is 0 Å². The van der Waals surface area contributed by atoms with Gasteiger partial charge in [-0.3, -0.25) is 0 Å². The van der Waals surface area contributed by atoms with E-state index in [2.05, 4.69) is 19.1 Å². The van der Waals surface area contributed by atoms with Crippen molar-refractivity contribution in [2.45, 2.75) is 110 Å². The van der Waals surface area contributed by atoms with Gasteiger partial charge in [-0.05, 0) is 12.8 Å². The van der Waals surface area contributed by atoms with E-state index in [4.69, 9.17) is 5.73 Å². The Bertz CT molecular complexity index is 255. The van der Waals surface area contributed by atoms with Gasteiger partial charge in [-0.25, -0.2) is 0 Å². The molecule has 0 aliphatic heterocycles. The Balaban J connectivity index is 3.02. The van der Waals surface area contributed by atoms with Gasteiger partial charge in [0.15, 0.2) is 0 Å². The van der Waals surface area contributed by atoms with E-state index < -0.39 is 0 Å². The average molecular weight is 322 g/mol. The molecule has 0 saturated carbocycles. The van der Waals surface area contributed by atoms with Crippen LogP contribution in [0.3, 0.4) is 0 Å². The first-order valence-electron chi connectivity index (χ1n) is 10.4. The van der Waals surface area contributed by atoms with Crippen molar-refractivity contribution in [3.63, 3.8) is 0 Å². The molecule has 136 valence electrons. The molecule has 0 aromatic carbocycles. The zero-order valence-corrected chi connectivity index (χ0v) is 15.9. The Morgan fingerprint density at radius 2 is 0.913 bits per heavy atom. The molecule has 0 aliphatic carbocycles. The van der Waals surface area contributed by atoms with E-state index in [0.717, 1.165) is 0 Å². The molecular weight excluding hydrogens is 278 g/mol. The van der Waals surface area contributed by atoms with Crippen LogP contribution in [0.2, 0.25) is 0 Å². The molecule has 0 aliphatic rings. The molecule has 0 bridgehead atoms. The lowest BCUT2D eigenvalue weighted by molar-refractivity contribution is 0.533. The van der Waals surface area contributed by atoms with Crippen LogP contribution in [0.4, 0.5) is 0 Å². The molecule has 0 unspecified atom stereocenters. The van der Waals surface area contributed by atoms with Gasteiger partial charge in [0.1, 0.15) is 0 Å². The second-order valence-corrected chi connectivity index (χ2v) is 6.83. The summed E-state index contributed by atoms with van der Waals surface area (Å²) in [5.41, 5.74) is 5.38. The molecule has 1 heteroatoms. The molecule has 0 saturated heterocycles. The lowest BCUT2D eigenvalue weighted by Gasteiger charge is -2.03. The second kappa shape index (κ2) is 21.4. The molecule has 0 amide bonds. The summed E-state index contributed by atoms with van der Waals surface area (Å²) >= 11 is 0. The molecule has 23 heavy (non-hydrogen) atoms. The predicted molar refractivity (Wildman–Crippen MR) is 107 cm³/mol. The van der Waals surface area contributed by atoms with E-state index in [1.54, 1.807) is 0 Å². The summed E-state index contributed by atoms with van der Waals surface area (Å²) in [6.07, 6.45) is 31.2. The minimum absolute atomic E-state index is 0.642. The van der Waals surface area contributed by atoms with Crippen molar-refractivity contribution in [3.8, 4) is 0 Å². The smallest absolute Gasteiger partial charge is 0.0109 e. The maximum absolute atomic E-state index is 5.38. The highest BCUT2D eigenvalue weighted by molar-refractivity contribution is 5.02. The lowest BCUT2D eigenvalue weighted by atomic mass is 10.0. The molecule has 0 radical (unpaired) electrons. The van der Waals surface area contributed by atoms with Crippen LogP contribution in [0.15, 0.2) is 24.3 Å². The van der Waals surface area contributed by atoms with Crippen LogP contribution in [0.5, 0.6) is 0 Å². The van der Waals surface area contributed by atoms with E-state index in [9.17, 15) is 0 Å². The Kier molecular flexibility index (Phi) is 20.9. The van der Waals surface area contributed by atoms with Gasteiger partial charge in [0, 0.05) is 6.54 Å². The fourth-order valence-electron chi connectivity index (χ4n) is 2.97. The second-order valence-electron chi connectivity index (χ2n) is 6.83. The van der Waals surface area contributed by atoms with Gasteiger partial charge in [0.25, 0.3) is 0 Å².